The quantitative estimate of drug-likeness (QED) is 0.853. The van der Waals surface area contributed by atoms with Crippen LogP contribution in [-0.4, -0.2) is 51.4 Å². The highest BCUT2D eigenvalue weighted by Crippen LogP contribution is 2.27. The lowest BCUT2D eigenvalue weighted by atomic mass is 9.98. The maximum Gasteiger partial charge on any atom is 0.278 e. The van der Waals surface area contributed by atoms with Crippen molar-refractivity contribution in [3.63, 3.8) is 0 Å². The molecular formula is C17H25N3O2S2. The van der Waals surface area contributed by atoms with E-state index in [4.69, 9.17) is 0 Å². The predicted molar refractivity (Wildman–Crippen MR) is 100 cm³/mol. The lowest BCUT2D eigenvalue weighted by molar-refractivity contribution is 0.170. The Labute approximate surface area is 148 Å². The van der Waals surface area contributed by atoms with Gasteiger partial charge in [-0.3, -0.25) is 4.90 Å². The molecule has 1 aliphatic rings. The standard InChI is InChI=1S/C17H25N3O2S2/c1-19(2)24(21,22)18-11-14-6-5-9-20(12-14)13-16-10-15-7-3-4-8-17(15)23-16/h3-4,7-8,10,14,18H,5-6,9,11-13H2,1-2H3/t14-/m0/s1. The first-order valence-electron chi connectivity index (χ1n) is 8.31. The fraction of sp³-hybridized carbons (Fsp3) is 0.529. The van der Waals surface area contributed by atoms with Crippen molar-refractivity contribution < 1.29 is 8.42 Å². The third-order valence-corrected chi connectivity index (χ3v) is 7.09. The van der Waals surface area contributed by atoms with Crippen molar-refractivity contribution in [3.05, 3.63) is 35.2 Å². The Balaban J connectivity index is 1.57. The average molecular weight is 368 g/mol. The summed E-state index contributed by atoms with van der Waals surface area (Å²) in [4.78, 5) is 3.83. The van der Waals surface area contributed by atoms with Crippen molar-refractivity contribution in [2.75, 3.05) is 33.7 Å². The smallest absolute Gasteiger partial charge is 0.278 e. The van der Waals surface area contributed by atoms with Crippen LogP contribution in [0.3, 0.4) is 0 Å². The van der Waals surface area contributed by atoms with Crippen molar-refractivity contribution in [3.8, 4) is 0 Å². The molecule has 1 atom stereocenters. The molecular weight excluding hydrogens is 342 g/mol. The summed E-state index contributed by atoms with van der Waals surface area (Å²) >= 11 is 1.85. The minimum atomic E-state index is -3.32. The third-order valence-electron chi connectivity index (χ3n) is 4.49. The van der Waals surface area contributed by atoms with Crippen LogP contribution in [0.4, 0.5) is 0 Å². The van der Waals surface area contributed by atoms with Crippen LogP contribution in [-0.2, 0) is 16.8 Å². The Kier molecular flexibility index (Phi) is 5.56. The van der Waals surface area contributed by atoms with Gasteiger partial charge in [-0.2, -0.15) is 12.7 Å². The van der Waals surface area contributed by atoms with E-state index < -0.39 is 10.2 Å². The highest BCUT2D eigenvalue weighted by Gasteiger charge is 2.23. The Bertz CT molecular complexity index is 753. The van der Waals surface area contributed by atoms with Gasteiger partial charge >= 0.3 is 0 Å². The number of hydrogen-bond donors (Lipinski definition) is 1. The number of nitrogens with one attached hydrogen (secondary N) is 1. The SMILES string of the molecule is CN(C)S(=O)(=O)NC[C@@H]1CCCN(Cc2cc3ccccc3s2)C1. The van der Waals surface area contributed by atoms with Crippen LogP contribution in [0.15, 0.2) is 30.3 Å². The molecule has 0 unspecified atom stereocenters. The minimum Gasteiger partial charge on any atom is -0.298 e. The van der Waals surface area contributed by atoms with E-state index in [0.29, 0.717) is 12.5 Å². The summed E-state index contributed by atoms with van der Waals surface area (Å²) in [5.41, 5.74) is 0. The van der Waals surface area contributed by atoms with E-state index in [9.17, 15) is 8.42 Å². The van der Waals surface area contributed by atoms with E-state index in [-0.39, 0.29) is 0 Å². The van der Waals surface area contributed by atoms with Gasteiger partial charge in [0.1, 0.15) is 0 Å². The zero-order valence-corrected chi connectivity index (χ0v) is 15.9. The molecule has 7 heteroatoms. The highest BCUT2D eigenvalue weighted by atomic mass is 32.2. The summed E-state index contributed by atoms with van der Waals surface area (Å²) in [6.07, 6.45) is 2.21. The normalized spacial score (nSPS) is 20.0. The lowest BCUT2D eigenvalue weighted by Crippen LogP contribution is -2.43. The molecule has 132 valence electrons. The monoisotopic (exact) mass is 367 g/mol. The molecule has 1 aromatic heterocycles. The molecule has 24 heavy (non-hydrogen) atoms. The number of hydrogen-bond acceptors (Lipinski definition) is 4. The maximum absolute atomic E-state index is 11.8. The molecule has 2 heterocycles. The molecule has 1 aromatic carbocycles. The van der Waals surface area contributed by atoms with E-state index in [1.165, 1.54) is 19.3 Å². The first-order chi connectivity index (χ1) is 11.4. The van der Waals surface area contributed by atoms with Crippen LogP contribution in [0.1, 0.15) is 17.7 Å². The lowest BCUT2D eigenvalue weighted by Gasteiger charge is -2.32. The van der Waals surface area contributed by atoms with E-state index >= 15 is 0 Å². The Hall–Kier alpha value is -0.990. The summed E-state index contributed by atoms with van der Waals surface area (Å²) in [7, 11) is -0.219. The maximum atomic E-state index is 11.8. The van der Waals surface area contributed by atoms with Crippen LogP contribution in [0.2, 0.25) is 0 Å². The second kappa shape index (κ2) is 7.49. The topological polar surface area (TPSA) is 52.7 Å². The zero-order chi connectivity index (χ0) is 17.2. The van der Waals surface area contributed by atoms with Crippen LogP contribution in [0.5, 0.6) is 0 Å². The van der Waals surface area contributed by atoms with E-state index in [2.05, 4.69) is 40.0 Å². The third kappa shape index (κ3) is 4.34. The van der Waals surface area contributed by atoms with Gasteiger partial charge < -0.3 is 0 Å². The number of nitrogens with zero attached hydrogens (tertiary/aromatic N) is 2. The van der Waals surface area contributed by atoms with Gasteiger partial charge in [0, 0.05) is 43.3 Å². The number of benzene rings is 1. The summed E-state index contributed by atoms with van der Waals surface area (Å²) in [6.45, 7) is 3.51. The Morgan fingerprint density at radius 2 is 2.12 bits per heavy atom. The van der Waals surface area contributed by atoms with Gasteiger partial charge in [0.15, 0.2) is 0 Å². The predicted octanol–water partition coefficient (Wildman–Crippen LogP) is 2.51. The highest BCUT2D eigenvalue weighted by molar-refractivity contribution is 7.87. The Morgan fingerprint density at radius 1 is 1.33 bits per heavy atom. The summed E-state index contributed by atoms with van der Waals surface area (Å²) in [6, 6.07) is 10.8. The van der Waals surface area contributed by atoms with Gasteiger partial charge in [-0.05, 0) is 42.8 Å². The molecule has 0 bridgehead atoms. The van der Waals surface area contributed by atoms with Crippen LogP contribution < -0.4 is 4.72 Å². The number of fused-ring (bicyclic) bond motifs is 1. The molecule has 0 spiro atoms. The number of likely N-dealkylation sites (tertiary alicyclic amines) is 1. The van der Waals surface area contributed by atoms with Crippen molar-refractivity contribution in [2.24, 2.45) is 5.92 Å². The second-order valence-electron chi connectivity index (χ2n) is 6.63. The van der Waals surface area contributed by atoms with Crippen LogP contribution in [0, 0.1) is 5.92 Å². The number of thiophene rings is 1. The van der Waals surface area contributed by atoms with E-state index in [0.717, 1.165) is 32.5 Å². The van der Waals surface area contributed by atoms with Gasteiger partial charge in [0.25, 0.3) is 10.2 Å². The molecule has 0 amide bonds. The van der Waals surface area contributed by atoms with Crippen molar-refractivity contribution in [1.29, 1.82) is 0 Å². The van der Waals surface area contributed by atoms with Crippen molar-refractivity contribution in [1.82, 2.24) is 13.9 Å². The van der Waals surface area contributed by atoms with E-state index in [1.807, 2.05) is 11.3 Å². The molecule has 5 nitrogen and oxygen atoms in total. The van der Waals surface area contributed by atoms with Crippen molar-refractivity contribution >= 4 is 31.6 Å². The summed E-state index contributed by atoms with van der Waals surface area (Å²) < 4.78 is 29.0. The Morgan fingerprint density at radius 3 is 2.88 bits per heavy atom. The minimum absolute atomic E-state index is 0.378. The van der Waals surface area contributed by atoms with Gasteiger partial charge in [0.2, 0.25) is 0 Å². The fourth-order valence-electron chi connectivity index (χ4n) is 3.15. The van der Waals surface area contributed by atoms with Crippen LogP contribution in [0.25, 0.3) is 10.1 Å². The largest absolute Gasteiger partial charge is 0.298 e. The molecule has 1 saturated heterocycles. The van der Waals surface area contributed by atoms with Crippen LogP contribution >= 0.6 is 11.3 Å². The molecule has 0 saturated carbocycles. The van der Waals surface area contributed by atoms with Gasteiger partial charge in [-0.15, -0.1) is 11.3 Å². The molecule has 3 rings (SSSR count). The number of rotatable bonds is 6. The zero-order valence-electron chi connectivity index (χ0n) is 14.2. The molecule has 1 fully saturated rings. The van der Waals surface area contributed by atoms with E-state index in [1.54, 1.807) is 14.1 Å². The average Bonchev–Trinajstić information content (AvgIpc) is 2.95. The molecule has 1 aliphatic heterocycles. The molecule has 1 N–H and O–H groups in total. The molecule has 2 aromatic rings. The first-order valence-corrected chi connectivity index (χ1v) is 10.6. The van der Waals surface area contributed by atoms with Gasteiger partial charge in [-0.25, -0.2) is 4.72 Å². The summed E-state index contributed by atoms with van der Waals surface area (Å²) in [5.74, 6) is 0.378. The van der Waals surface area contributed by atoms with Gasteiger partial charge in [0.05, 0.1) is 0 Å². The van der Waals surface area contributed by atoms with Gasteiger partial charge in [-0.1, -0.05) is 18.2 Å². The molecule has 0 aliphatic carbocycles. The summed E-state index contributed by atoms with van der Waals surface area (Å²) in [5, 5.41) is 1.31. The molecule has 0 radical (unpaired) electrons. The number of piperidine rings is 1. The first kappa shape index (κ1) is 17.8. The second-order valence-corrected chi connectivity index (χ2v) is 9.77. The fourth-order valence-corrected chi connectivity index (χ4v) is 4.96. The van der Waals surface area contributed by atoms with Crippen molar-refractivity contribution in [2.45, 2.75) is 19.4 Å².